The van der Waals surface area contributed by atoms with E-state index in [4.69, 9.17) is 0 Å². The Kier molecular flexibility index (Phi) is 5.22. The third kappa shape index (κ3) is 3.62. The highest BCUT2D eigenvalue weighted by atomic mass is 16.3. The lowest BCUT2D eigenvalue weighted by Crippen LogP contribution is -2.36. The molecule has 1 aromatic rings. The lowest BCUT2D eigenvalue weighted by atomic mass is 9.92. The van der Waals surface area contributed by atoms with Crippen molar-refractivity contribution in [1.29, 1.82) is 0 Å². The Labute approximate surface area is 123 Å². The lowest BCUT2D eigenvalue weighted by Gasteiger charge is -2.33. The number of rotatable bonds is 4. The standard InChI is InChI=1S/C18H29NO/c1-13-10-14(2)18(15(3)11-13)17(20)12-19(4)16-8-6-5-7-9-16/h10-11,16-17,20H,5-9,12H2,1-4H3. The molecule has 0 bridgehead atoms. The number of hydrogen-bond acceptors (Lipinski definition) is 2. The average molecular weight is 275 g/mol. The Balaban J connectivity index is 2.06. The maximum atomic E-state index is 10.6. The van der Waals surface area contributed by atoms with Crippen LogP contribution in [0.5, 0.6) is 0 Å². The molecule has 2 rings (SSSR count). The summed E-state index contributed by atoms with van der Waals surface area (Å²) >= 11 is 0. The number of aryl methyl sites for hydroxylation is 3. The third-order valence-corrected chi connectivity index (χ3v) is 4.73. The van der Waals surface area contributed by atoms with Gasteiger partial charge in [0.2, 0.25) is 0 Å². The molecule has 0 spiro atoms. The molecule has 1 aliphatic rings. The van der Waals surface area contributed by atoms with E-state index in [-0.39, 0.29) is 6.10 Å². The summed E-state index contributed by atoms with van der Waals surface area (Å²) in [6.07, 6.45) is 6.26. The summed E-state index contributed by atoms with van der Waals surface area (Å²) in [6.45, 7) is 7.08. The average Bonchev–Trinajstić information content (AvgIpc) is 2.38. The molecule has 2 heteroatoms. The van der Waals surface area contributed by atoms with Gasteiger partial charge in [-0.15, -0.1) is 0 Å². The van der Waals surface area contributed by atoms with Crippen LogP contribution in [0.15, 0.2) is 12.1 Å². The SMILES string of the molecule is Cc1cc(C)c(C(O)CN(C)C2CCCCC2)c(C)c1. The van der Waals surface area contributed by atoms with Crippen LogP contribution in [0.2, 0.25) is 0 Å². The topological polar surface area (TPSA) is 23.5 Å². The monoisotopic (exact) mass is 275 g/mol. The van der Waals surface area contributed by atoms with E-state index in [0.717, 1.165) is 12.1 Å². The maximum Gasteiger partial charge on any atom is 0.0922 e. The van der Waals surface area contributed by atoms with E-state index in [9.17, 15) is 5.11 Å². The third-order valence-electron chi connectivity index (χ3n) is 4.73. The van der Waals surface area contributed by atoms with Crippen molar-refractivity contribution in [3.8, 4) is 0 Å². The van der Waals surface area contributed by atoms with Crippen LogP contribution in [0.3, 0.4) is 0 Å². The zero-order valence-electron chi connectivity index (χ0n) is 13.4. The van der Waals surface area contributed by atoms with Crippen LogP contribution >= 0.6 is 0 Å². The molecule has 0 saturated heterocycles. The van der Waals surface area contributed by atoms with Gasteiger partial charge in [0.15, 0.2) is 0 Å². The summed E-state index contributed by atoms with van der Waals surface area (Å²) in [5, 5.41) is 10.6. The van der Waals surface area contributed by atoms with Crippen molar-refractivity contribution in [3.63, 3.8) is 0 Å². The molecule has 1 saturated carbocycles. The van der Waals surface area contributed by atoms with Gasteiger partial charge < -0.3 is 10.0 Å². The summed E-state index contributed by atoms with van der Waals surface area (Å²) in [5.74, 6) is 0. The van der Waals surface area contributed by atoms with Gasteiger partial charge in [0, 0.05) is 12.6 Å². The van der Waals surface area contributed by atoms with Gasteiger partial charge in [-0.25, -0.2) is 0 Å². The molecule has 0 aliphatic heterocycles. The van der Waals surface area contributed by atoms with Gasteiger partial charge in [-0.05, 0) is 57.4 Å². The molecule has 1 unspecified atom stereocenters. The van der Waals surface area contributed by atoms with Crippen LogP contribution in [-0.2, 0) is 0 Å². The van der Waals surface area contributed by atoms with Crippen molar-refractivity contribution in [2.24, 2.45) is 0 Å². The van der Waals surface area contributed by atoms with Crippen LogP contribution < -0.4 is 0 Å². The summed E-state index contributed by atoms with van der Waals surface area (Å²) in [7, 11) is 2.16. The first-order chi connectivity index (χ1) is 9.49. The van der Waals surface area contributed by atoms with Crippen molar-refractivity contribution in [2.45, 2.75) is 65.0 Å². The normalized spacial score (nSPS) is 18.5. The number of aliphatic hydroxyl groups excluding tert-OH is 1. The highest BCUT2D eigenvalue weighted by Crippen LogP contribution is 2.27. The molecule has 0 radical (unpaired) electrons. The summed E-state index contributed by atoms with van der Waals surface area (Å²) in [5.41, 5.74) is 4.83. The smallest absolute Gasteiger partial charge is 0.0922 e. The second-order valence-electron chi connectivity index (χ2n) is 6.56. The molecule has 0 heterocycles. The number of likely N-dealkylation sites (N-methyl/N-ethyl adjacent to an activating group) is 1. The van der Waals surface area contributed by atoms with E-state index in [1.54, 1.807) is 0 Å². The van der Waals surface area contributed by atoms with Crippen LogP contribution in [0, 0.1) is 20.8 Å². The minimum Gasteiger partial charge on any atom is -0.387 e. The molecular formula is C18H29NO. The van der Waals surface area contributed by atoms with E-state index in [2.05, 4.69) is 44.9 Å². The first-order valence-electron chi connectivity index (χ1n) is 7.95. The molecular weight excluding hydrogens is 246 g/mol. The summed E-state index contributed by atoms with van der Waals surface area (Å²) in [4.78, 5) is 2.36. The predicted octanol–water partition coefficient (Wildman–Crippen LogP) is 3.91. The van der Waals surface area contributed by atoms with Gasteiger partial charge >= 0.3 is 0 Å². The van der Waals surface area contributed by atoms with E-state index in [0.29, 0.717) is 6.04 Å². The van der Waals surface area contributed by atoms with Gasteiger partial charge in [0.05, 0.1) is 6.10 Å². The Morgan fingerprint density at radius 1 is 1.10 bits per heavy atom. The Morgan fingerprint density at radius 2 is 1.65 bits per heavy atom. The number of nitrogens with zero attached hydrogens (tertiary/aromatic N) is 1. The molecule has 20 heavy (non-hydrogen) atoms. The van der Waals surface area contributed by atoms with Crippen LogP contribution in [0.25, 0.3) is 0 Å². The quantitative estimate of drug-likeness (QED) is 0.900. The Hall–Kier alpha value is -0.860. The Bertz CT molecular complexity index is 426. The fourth-order valence-electron chi connectivity index (χ4n) is 3.75. The Morgan fingerprint density at radius 3 is 2.20 bits per heavy atom. The highest BCUT2D eigenvalue weighted by Gasteiger charge is 2.22. The maximum absolute atomic E-state index is 10.6. The molecule has 2 nitrogen and oxygen atoms in total. The second-order valence-corrected chi connectivity index (χ2v) is 6.56. The van der Waals surface area contributed by atoms with Crippen LogP contribution in [-0.4, -0.2) is 29.6 Å². The number of aliphatic hydroxyl groups is 1. The number of benzene rings is 1. The molecule has 1 aromatic carbocycles. The fourth-order valence-corrected chi connectivity index (χ4v) is 3.75. The largest absolute Gasteiger partial charge is 0.387 e. The highest BCUT2D eigenvalue weighted by molar-refractivity contribution is 5.39. The number of hydrogen-bond donors (Lipinski definition) is 1. The van der Waals surface area contributed by atoms with Crippen molar-refractivity contribution < 1.29 is 5.11 Å². The van der Waals surface area contributed by atoms with Crippen molar-refractivity contribution in [1.82, 2.24) is 4.90 Å². The lowest BCUT2D eigenvalue weighted by molar-refractivity contribution is 0.0906. The molecule has 112 valence electrons. The second kappa shape index (κ2) is 6.73. The predicted molar refractivity (Wildman–Crippen MR) is 85.1 cm³/mol. The summed E-state index contributed by atoms with van der Waals surface area (Å²) in [6, 6.07) is 5.00. The molecule has 1 atom stereocenters. The van der Waals surface area contributed by atoms with Gasteiger partial charge in [-0.3, -0.25) is 0 Å². The molecule has 0 aromatic heterocycles. The zero-order valence-corrected chi connectivity index (χ0v) is 13.4. The van der Waals surface area contributed by atoms with Gasteiger partial charge in [0.25, 0.3) is 0 Å². The summed E-state index contributed by atoms with van der Waals surface area (Å²) < 4.78 is 0. The minimum absolute atomic E-state index is 0.373. The molecule has 1 N–H and O–H groups in total. The van der Waals surface area contributed by atoms with E-state index < -0.39 is 0 Å². The first kappa shape index (κ1) is 15.5. The van der Waals surface area contributed by atoms with E-state index >= 15 is 0 Å². The van der Waals surface area contributed by atoms with Gasteiger partial charge in [-0.2, -0.15) is 0 Å². The first-order valence-corrected chi connectivity index (χ1v) is 7.95. The molecule has 1 fully saturated rings. The van der Waals surface area contributed by atoms with E-state index in [1.807, 2.05) is 0 Å². The van der Waals surface area contributed by atoms with Crippen molar-refractivity contribution in [2.75, 3.05) is 13.6 Å². The molecule has 1 aliphatic carbocycles. The minimum atomic E-state index is -0.373. The van der Waals surface area contributed by atoms with Gasteiger partial charge in [-0.1, -0.05) is 37.0 Å². The van der Waals surface area contributed by atoms with Crippen molar-refractivity contribution >= 4 is 0 Å². The fraction of sp³-hybridized carbons (Fsp3) is 0.667. The zero-order chi connectivity index (χ0) is 14.7. The van der Waals surface area contributed by atoms with Crippen molar-refractivity contribution in [3.05, 3.63) is 34.4 Å². The van der Waals surface area contributed by atoms with Crippen LogP contribution in [0.4, 0.5) is 0 Å². The van der Waals surface area contributed by atoms with Gasteiger partial charge in [0.1, 0.15) is 0 Å². The van der Waals surface area contributed by atoms with E-state index in [1.165, 1.54) is 48.8 Å². The molecule has 0 amide bonds. The van der Waals surface area contributed by atoms with Crippen LogP contribution in [0.1, 0.15) is 60.5 Å².